The third-order valence-corrected chi connectivity index (χ3v) is 3.59. The molecule has 0 spiro atoms. The van der Waals surface area contributed by atoms with Crippen molar-refractivity contribution in [3.63, 3.8) is 0 Å². The van der Waals surface area contributed by atoms with Gasteiger partial charge in [0.25, 0.3) is 0 Å². The molecule has 2 nitrogen and oxygen atoms in total. The fraction of sp³-hybridized carbons (Fsp3) is 0.308. The second-order valence-corrected chi connectivity index (χ2v) is 5.33. The summed E-state index contributed by atoms with van der Waals surface area (Å²) in [6.07, 6.45) is -14.4. The van der Waals surface area contributed by atoms with E-state index in [-0.39, 0.29) is 5.02 Å². The highest BCUT2D eigenvalue weighted by atomic mass is 35.5. The molecule has 0 aromatic heterocycles. The van der Waals surface area contributed by atoms with Crippen LogP contribution in [0.25, 0.3) is 5.76 Å². The molecule has 0 atom stereocenters. The first-order valence-electron chi connectivity index (χ1n) is 5.97. The number of fused-ring (bicyclic) bond motifs is 1. The van der Waals surface area contributed by atoms with Gasteiger partial charge in [0.15, 0.2) is 0 Å². The lowest BCUT2D eigenvalue weighted by Gasteiger charge is -2.29. The number of ketones is 1. The molecular weight excluding hydrogens is 376 g/mol. The topological polar surface area (TPSA) is 40.1 Å². The van der Waals surface area contributed by atoms with Gasteiger partial charge in [0.1, 0.15) is 5.82 Å². The van der Waals surface area contributed by atoms with Crippen LogP contribution in [0, 0.1) is 5.82 Å². The van der Waals surface area contributed by atoms with Crippen molar-refractivity contribution in [1.29, 1.82) is 0 Å². The predicted octanol–water partition coefficient (Wildman–Crippen LogP) is 3.51. The lowest BCUT2D eigenvalue weighted by Crippen LogP contribution is -2.59. The standard InChI is InChI=1S/C13H5ClF8O2/c14-5-1-4-2-6(9(23)8(4)7(15)3-5)10(24)11(16,12(17,18)19)13(20,21)22/h1,3,23H,2H2/p-1. The highest BCUT2D eigenvalue weighted by molar-refractivity contribution is 6.30. The van der Waals surface area contributed by atoms with Gasteiger partial charge in [0, 0.05) is 17.0 Å². The maximum absolute atomic E-state index is 13.7. The van der Waals surface area contributed by atoms with E-state index in [2.05, 4.69) is 0 Å². The summed E-state index contributed by atoms with van der Waals surface area (Å²) in [6, 6.07) is 1.47. The summed E-state index contributed by atoms with van der Waals surface area (Å²) in [5.74, 6) is -6.19. The van der Waals surface area contributed by atoms with Crippen LogP contribution in [0.1, 0.15) is 11.1 Å². The Balaban J connectivity index is 2.61. The molecule has 0 N–H and O–H groups in total. The molecule has 0 saturated carbocycles. The molecule has 0 saturated heterocycles. The zero-order chi connectivity index (χ0) is 18.7. The van der Waals surface area contributed by atoms with Gasteiger partial charge in [-0.1, -0.05) is 17.4 Å². The smallest absolute Gasteiger partial charge is 0.439 e. The van der Waals surface area contributed by atoms with Crippen LogP contribution in [-0.4, -0.2) is 23.8 Å². The number of hydrogen-bond donors (Lipinski definition) is 0. The quantitative estimate of drug-likeness (QED) is 0.738. The molecule has 0 aliphatic heterocycles. The Labute approximate surface area is 133 Å². The van der Waals surface area contributed by atoms with E-state index in [1.807, 2.05) is 0 Å². The average molecular weight is 380 g/mol. The van der Waals surface area contributed by atoms with E-state index in [0.29, 0.717) is 6.07 Å². The highest BCUT2D eigenvalue weighted by Gasteiger charge is 2.77. The zero-order valence-electron chi connectivity index (χ0n) is 11.1. The van der Waals surface area contributed by atoms with Crippen LogP contribution in [0.4, 0.5) is 35.1 Å². The van der Waals surface area contributed by atoms with Crippen molar-refractivity contribution in [2.45, 2.75) is 24.4 Å². The van der Waals surface area contributed by atoms with Gasteiger partial charge in [-0.25, -0.2) is 8.78 Å². The highest BCUT2D eigenvalue weighted by Crippen LogP contribution is 2.49. The molecule has 0 fully saturated rings. The number of rotatable bonds is 2. The molecule has 1 aliphatic carbocycles. The van der Waals surface area contributed by atoms with E-state index < -0.39 is 58.5 Å². The number of alkyl halides is 7. The van der Waals surface area contributed by atoms with E-state index in [1.165, 1.54) is 0 Å². The summed E-state index contributed by atoms with van der Waals surface area (Å²) in [4.78, 5) is 11.6. The van der Waals surface area contributed by atoms with Crippen molar-refractivity contribution in [3.05, 3.63) is 39.7 Å². The first kappa shape index (κ1) is 18.5. The minimum Gasteiger partial charge on any atom is -0.872 e. The Morgan fingerprint density at radius 2 is 1.54 bits per heavy atom. The minimum atomic E-state index is -6.65. The van der Waals surface area contributed by atoms with Crippen LogP contribution in [-0.2, 0) is 11.2 Å². The van der Waals surface area contributed by atoms with Crippen LogP contribution in [0.2, 0.25) is 5.02 Å². The Kier molecular flexibility index (Phi) is 4.11. The first-order chi connectivity index (χ1) is 10.7. The van der Waals surface area contributed by atoms with Crippen LogP contribution in [0.3, 0.4) is 0 Å². The maximum atomic E-state index is 13.7. The summed E-state index contributed by atoms with van der Waals surface area (Å²) in [5, 5.41) is 11.5. The molecule has 1 aromatic rings. The van der Waals surface area contributed by atoms with Gasteiger partial charge in [0.2, 0.25) is 5.78 Å². The van der Waals surface area contributed by atoms with E-state index in [4.69, 9.17) is 11.6 Å². The summed E-state index contributed by atoms with van der Waals surface area (Å²) < 4.78 is 103. The van der Waals surface area contributed by atoms with Gasteiger partial charge in [0.05, 0.1) is 0 Å². The molecule has 24 heavy (non-hydrogen) atoms. The predicted molar refractivity (Wildman–Crippen MR) is 63.0 cm³/mol. The lowest BCUT2D eigenvalue weighted by atomic mass is 9.91. The second kappa shape index (κ2) is 5.33. The van der Waals surface area contributed by atoms with Crippen molar-refractivity contribution in [2.24, 2.45) is 0 Å². The summed E-state index contributed by atoms with van der Waals surface area (Å²) in [7, 11) is 0. The largest absolute Gasteiger partial charge is 0.872 e. The van der Waals surface area contributed by atoms with Crippen molar-refractivity contribution >= 4 is 23.1 Å². The van der Waals surface area contributed by atoms with Crippen molar-refractivity contribution in [3.8, 4) is 0 Å². The SMILES string of the molecule is O=C(C1=C([O-])c2c(F)cc(Cl)cc2C1)C(F)(C(F)(F)F)C(F)(F)F. The third kappa shape index (κ3) is 2.52. The van der Waals surface area contributed by atoms with Crippen molar-refractivity contribution in [2.75, 3.05) is 0 Å². The first-order valence-corrected chi connectivity index (χ1v) is 6.35. The molecule has 0 bridgehead atoms. The van der Waals surface area contributed by atoms with E-state index >= 15 is 0 Å². The monoisotopic (exact) mass is 379 g/mol. The molecule has 11 heteroatoms. The van der Waals surface area contributed by atoms with Gasteiger partial charge >= 0.3 is 18.0 Å². The molecular formula is C13H4ClF8O2-. The van der Waals surface area contributed by atoms with E-state index in [1.54, 1.807) is 0 Å². The van der Waals surface area contributed by atoms with Crippen LogP contribution in [0.5, 0.6) is 0 Å². The number of Topliss-reactive ketones (excluding diaryl/α,β-unsaturated/α-hetero) is 1. The molecule has 1 aliphatic rings. The molecule has 0 amide bonds. The van der Waals surface area contributed by atoms with E-state index in [9.17, 15) is 45.0 Å². The number of carbonyl (C=O) groups excluding carboxylic acids is 1. The van der Waals surface area contributed by atoms with E-state index in [0.717, 1.165) is 6.07 Å². The Hall–Kier alpha value is -1.84. The molecule has 0 unspecified atom stereocenters. The molecule has 0 radical (unpaired) electrons. The molecule has 2 rings (SSSR count). The summed E-state index contributed by atoms with van der Waals surface area (Å²) >= 11 is 5.46. The van der Waals surface area contributed by atoms with Crippen molar-refractivity contribution in [1.82, 2.24) is 0 Å². The minimum absolute atomic E-state index is 0.300. The Morgan fingerprint density at radius 1 is 1.04 bits per heavy atom. The third-order valence-electron chi connectivity index (χ3n) is 3.37. The molecule has 132 valence electrons. The fourth-order valence-electron chi connectivity index (χ4n) is 2.25. The van der Waals surface area contributed by atoms with Gasteiger partial charge in [-0.15, -0.1) is 0 Å². The van der Waals surface area contributed by atoms with Gasteiger partial charge in [-0.2, -0.15) is 26.3 Å². The van der Waals surface area contributed by atoms with Crippen molar-refractivity contribution < 1.29 is 45.0 Å². The zero-order valence-corrected chi connectivity index (χ0v) is 11.8. The van der Waals surface area contributed by atoms with Crippen LogP contribution < -0.4 is 5.11 Å². The number of allylic oxidation sites excluding steroid dienone is 1. The Morgan fingerprint density at radius 3 is 2.00 bits per heavy atom. The van der Waals surface area contributed by atoms with Crippen LogP contribution in [0.15, 0.2) is 17.7 Å². The maximum Gasteiger partial charge on any atom is 0.439 e. The normalized spacial score (nSPS) is 15.7. The Bertz CT molecular complexity index is 734. The summed E-state index contributed by atoms with van der Waals surface area (Å²) in [6.45, 7) is 0. The number of halogens is 9. The van der Waals surface area contributed by atoms with Gasteiger partial charge in [-0.3, -0.25) is 4.79 Å². The average Bonchev–Trinajstić information content (AvgIpc) is 2.71. The number of benzene rings is 1. The number of carbonyl (C=O) groups is 1. The fourth-order valence-corrected chi connectivity index (χ4v) is 2.48. The molecule has 1 aromatic carbocycles. The van der Waals surface area contributed by atoms with Gasteiger partial charge < -0.3 is 5.11 Å². The van der Waals surface area contributed by atoms with Gasteiger partial charge in [-0.05, 0) is 23.3 Å². The molecule has 0 heterocycles. The lowest BCUT2D eigenvalue weighted by molar-refractivity contribution is -0.324. The van der Waals surface area contributed by atoms with Crippen LogP contribution >= 0.6 is 11.6 Å². The second-order valence-electron chi connectivity index (χ2n) is 4.89. The number of hydrogen-bond acceptors (Lipinski definition) is 2. The summed E-state index contributed by atoms with van der Waals surface area (Å²) in [5.41, 5.74) is -9.23.